The maximum absolute atomic E-state index is 12.6. The number of methoxy groups -OCH3 is 1. The minimum atomic E-state index is -0.327. The Morgan fingerprint density at radius 3 is 2.39 bits per heavy atom. The topological polar surface area (TPSA) is 50.4 Å². The summed E-state index contributed by atoms with van der Waals surface area (Å²) in [6.07, 6.45) is 0. The molecule has 5 heteroatoms. The van der Waals surface area contributed by atoms with E-state index in [1.807, 2.05) is 37.3 Å². The van der Waals surface area contributed by atoms with Crippen molar-refractivity contribution in [2.24, 2.45) is 0 Å². The highest BCUT2D eigenvalue weighted by molar-refractivity contribution is 7.10. The fourth-order valence-corrected chi connectivity index (χ4v) is 3.78. The Kier molecular flexibility index (Phi) is 6.85. The number of carbonyl (C=O) groups is 1. The van der Waals surface area contributed by atoms with Crippen LogP contribution in [-0.2, 0) is 11.3 Å². The predicted octanol–water partition coefficient (Wildman–Crippen LogP) is 4.45. The summed E-state index contributed by atoms with van der Waals surface area (Å²) in [6, 6.07) is 20.0. The van der Waals surface area contributed by atoms with Crippen LogP contribution in [0.3, 0.4) is 0 Å². The molecule has 0 fully saturated rings. The van der Waals surface area contributed by atoms with Gasteiger partial charge in [0.1, 0.15) is 5.75 Å². The molecule has 0 aliphatic rings. The molecule has 0 unspecified atom stereocenters. The third kappa shape index (κ3) is 5.21. The number of amides is 1. The van der Waals surface area contributed by atoms with Gasteiger partial charge in [-0.2, -0.15) is 0 Å². The number of hydrogen-bond donors (Lipinski definition) is 2. The molecule has 1 heterocycles. The molecule has 2 atom stereocenters. The van der Waals surface area contributed by atoms with Gasteiger partial charge >= 0.3 is 0 Å². The highest BCUT2D eigenvalue weighted by Crippen LogP contribution is 2.26. The number of aryl methyl sites for hydroxylation is 1. The summed E-state index contributed by atoms with van der Waals surface area (Å²) in [5.41, 5.74) is 3.41. The Balaban J connectivity index is 1.64. The van der Waals surface area contributed by atoms with Gasteiger partial charge in [-0.15, -0.1) is 11.3 Å². The molecule has 0 bridgehead atoms. The zero-order valence-corrected chi connectivity index (χ0v) is 17.3. The maximum Gasteiger partial charge on any atom is 0.237 e. The van der Waals surface area contributed by atoms with Crippen LogP contribution in [0.15, 0.2) is 66.0 Å². The van der Waals surface area contributed by atoms with Crippen LogP contribution in [0.1, 0.15) is 34.5 Å². The van der Waals surface area contributed by atoms with E-state index in [0.717, 1.165) is 16.9 Å². The van der Waals surface area contributed by atoms with Crippen molar-refractivity contribution in [3.8, 4) is 5.75 Å². The van der Waals surface area contributed by atoms with Gasteiger partial charge in [-0.25, -0.2) is 0 Å². The third-order valence-electron chi connectivity index (χ3n) is 4.67. The molecular weight excluding hydrogens is 368 g/mol. The van der Waals surface area contributed by atoms with Crippen molar-refractivity contribution in [3.63, 3.8) is 0 Å². The van der Waals surface area contributed by atoms with E-state index in [4.69, 9.17) is 4.74 Å². The first kappa shape index (κ1) is 20.1. The standard InChI is InChI=1S/C23H26N2O2S/c1-16-6-10-19(11-7-16)22(21-5-4-14-28-21)25-17(2)23(26)24-15-18-8-12-20(27-3)13-9-18/h4-14,17,22,25H,15H2,1-3H3,(H,24,26)/t17-,22+/m1/s1. The normalized spacial score (nSPS) is 13.0. The number of carbonyl (C=O) groups excluding carboxylic acids is 1. The van der Waals surface area contributed by atoms with E-state index in [2.05, 4.69) is 53.3 Å². The van der Waals surface area contributed by atoms with E-state index in [0.29, 0.717) is 6.54 Å². The molecule has 28 heavy (non-hydrogen) atoms. The first-order valence-electron chi connectivity index (χ1n) is 9.33. The lowest BCUT2D eigenvalue weighted by Gasteiger charge is -2.23. The Hall–Kier alpha value is -2.63. The lowest BCUT2D eigenvalue weighted by atomic mass is 10.0. The van der Waals surface area contributed by atoms with E-state index in [1.165, 1.54) is 10.4 Å². The van der Waals surface area contributed by atoms with Crippen LogP contribution in [0, 0.1) is 6.92 Å². The number of ether oxygens (including phenoxy) is 1. The zero-order chi connectivity index (χ0) is 19.9. The summed E-state index contributed by atoms with van der Waals surface area (Å²) in [4.78, 5) is 13.8. The van der Waals surface area contributed by atoms with Crippen molar-refractivity contribution < 1.29 is 9.53 Å². The minimum absolute atomic E-state index is 0.0117. The lowest BCUT2D eigenvalue weighted by Crippen LogP contribution is -2.43. The highest BCUT2D eigenvalue weighted by atomic mass is 32.1. The van der Waals surface area contributed by atoms with Gasteiger partial charge < -0.3 is 10.1 Å². The lowest BCUT2D eigenvalue weighted by molar-refractivity contribution is -0.123. The summed E-state index contributed by atoms with van der Waals surface area (Å²) < 4.78 is 5.17. The van der Waals surface area contributed by atoms with Gasteiger partial charge in [0.2, 0.25) is 5.91 Å². The van der Waals surface area contributed by atoms with Crippen molar-refractivity contribution in [2.75, 3.05) is 7.11 Å². The molecule has 0 saturated heterocycles. The summed E-state index contributed by atoms with van der Waals surface area (Å²) >= 11 is 1.69. The Morgan fingerprint density at radius 1 is 1.07 bits per heavy atom. The predicted molar refractivity (Wildman–Crippen MR) is 115 cm³/mol. The van der Waals surface area contributed by atoms with E-state index in [9.17, 15) is 4.79 Å². The number of rotatable bonds is 8. The molecule has 0 radical (unpaired) electrons. The molecule has 146 valence electrons. The monoisotopic (exact) mass is 394 g/mol. The quantitative estimate of drug-likeness (QED) is 0.593. The van der Waals surface area contributed by atoms with Crippen molar-refractivity contribution in [1.29, 1.82) is 0 Å². The average molecular weight is 395 g/mol. The summed E-state index contributed by atoms with van der Waals surface area (Å²) in [5, 5.41) is 8.56. The summed E-state index contributed by atoms with van der Waals surface area (Å²) in [7, 11) is 1.64. The van der Waals surface area contributed by atoms with Crippen LogP contribution in [0.25, 0.3) is 0 Å². The fourth-order valence-electron chi connectivity index (χ4n) is 2.97. The molecule has 3 aromatic rings. The first-order valence-corrected chi connectivity index (χ1v) is 10.2. The summed E-state index contributed by atoms with van der Waals surface area (Å²) in [5.74, 6) is 0.784. The zero-order valence-electron chi connectivity index (χ0n) is 16.4. The fraction of sp³-hybridized carbons (Fsp3) is 0.261. The molecule has 0 spiro atoms. The van der Waals surface area contributed by atoms with E-state index >= 15 is 0 Å². The van der Waals surface area contributed by atoms with Crippen molar-refractivity contribution in [2.45, 2.75) is 32.5 Å². The average Bonchev–Trinajstić information content (AvgIpc) is 3.25. The number of nitrogens with one attached hydrogen (secondary N) is 2. The van der Waals surface area contributed by atoms with Gasteiger partial charge in [0, 0.05) is 11.4 Å². The van der Waals surface area contributed by atoms with Crippen molar-refractivity contribution in [3.05, 3.63) is 87.6 Å². The van der Waals surface area contributed by atoms with Crippen LogP contribution >= 0.6 is 11.3 Å². The second kappa shape index (κ2) is 9.53. The molecule has 1 aromatic heterocycles. The Labute approximate surface area is 170 Å². The Bertz CT molecular complexity index is 874. The van der Waals surface area contributed by atoms with Crippen LogP contribution in [-0.4, -0.2) is 19.1 Å². The molecule has 2 N–H and O–H groups in total. The molecule has 0 aliphatic heterocycles. The summed E-state index contributed by atoms with van der Waals surface area (Å²) in [6.45, 7) is 4.47. The van der Waals surface area contributed by atoms with Gasteiger partial charge in [-0.3, -0.25) is 10.1 Å². The first-order chi connectivity index (χ1) is 13.6. The van der Waals surface area contributed by atoms with Gasteiger partial charge in [-0.1, -0.05) is 48.0 Å². The van der Waals surface area contributed by atoms with Crippen molar-refractivity contribution >= 4 is 17.2 Å². The van der Waals surface area contributed by atoms with Gasteiger partial charge in [-0.05, 0) is 48.6 Å². The van der Waals surface area contributed by atoms with Gasteiger partial charge in [0.15, 0.2) is 0 Å². The largest absolute Gasteiger partial charge is 0.497 e. The van der Waals surface area contributed by atoms with Crippen LogP contribution < -0.4 is 15.4 Å². The van der Waals surface area contributed by atoms with Crippen LogP contribution in [0.5, 0.6) is 5.75 Å². The molecular formula is C23H26N2O2S. The maximum atomic E-state index is 12.6. The SMILES string of the molecule is COc1ccc(CNC(=O)[C@@H](C)N[C@@H](c2ccc(C)cc2)c2cccs2)cc1. The number of benzene rings is 2. The van der Waals surface area contributed by atoms with Gasteiger partial charge in [0.25, 0.3) is 0 Å². The molecule has 3 rings (SSSR count). The molecule has 1 amide bonds. The van der Waals surface area contributed by atoms with Crippen LogP contribution in [0.2, 0.25) is 0 Å². The van der Waals surface area contributed by atoms with E-state index < -0.39 is 0 Å². The second-order valence-electron chi connectivity index (χ2n) is 6.81. The molecule has 4 nitrogen and oxygen atoms in total. The van der Waals surface area contributed by atoms with E-state index in [-0.39, 0.29) is 18.0 Å². The number of hydrogen-bond acceptors (Lipinski definition) is 4. The highest BCUT2D eigenvalue weighted by Gasteiger charge is 2.21. The minimum Gasteiger partial charge on any atom is -0.497 e. The smallest absolute Gasteiger partial charge is 0.237 e. The molecule has 0 saturated carbocycles. The number of thiophene rings is 1. The molecule has 2 aromatic carbocycles. The van der Waals surface area contributed by atoms with Crippen molar-refractivity contribution in [1.82, 2.24) is 10.6 Å². The Morgan fingerprint density at radius 2 is 1.79 bits per heavy atom. The third-order valence-corrected chi connectivity index (χ3v) is 5.61. The molecule has 0 aliphatic carbocycles. The van der Waals surface area contributed by atoms with E-state index in [1.54, 1.807) is 18.4 Å². The van der Waals surface area contributed by atoms with Crippen LogP contribution in [0.4, 0.5) is 0 Å². The van der Waals surface area contributed by atoms with Gasteiger partial charge in [0.05, 0.1) is 19.2 Å². The second-order valence-corrected chi connectivity index (χ2v) is 7.79.